The molecule has 0 aliphatic carbocycles. The van der Waals surface area contributed by atoms with E-state index >= 15 is 0 Å². The molecule has 2 rings (SSSR count). The highest BCUT2D eigenvalue weighted by Crippen LogP contribution is 2.28. The minimum Gasteiger partial charge on any atom is -0.220 e. The number of hydrogen-bond donors (Lipinski definition) is 0. The number of benzene rings is 1. The maximum atomic E-state index is 8.91. The van der Waals surface area contributed by atoms with Gasteiger partial charge in [-0.3, -0.25) is 0 Å². The number of fused-ring (bicyclic) bond motifs is 1. The molecular weight excluding hydrogens is 304 g/mol. The molecule has 0 atom stereocenters. The lowest BCUT2D eigenvalue weighted by Crippen LogP contribution is -2.00. The quantitative estimate of drug-likeness (QED) is 0.758. The molecule has 1 aromatic carbocycles. The average Bonchev–Trinajstić information content (AvgIpc) is 2.32. The monoisotopic (exact) mass is 306 g/mol. The van der Waals surface area contributed by atoms with E-state index in [4.69, 9.17) is 22.1 Å². The highest BCUT2D eigenvalue weighted by molar-refractivity contribution is 9.10. The van der Waals surface area contributed by atoms with Gasteiger partial charge in [0.25, 0.3) is 0 Å². The second-order valence-corrected chi connectivity index (χ2v) is 4.40. The predicted octanol–water partition coefficient (Wildman–Crippen LogP) is 3.18. The molecule has 17 heavy (non-hydrogen) atoms. The Morgan fingerprint density at radius 1 is 1.24 bits per heavy atom. The fourth-order valence-electron chi connectivity index (χ4n) is 1.48. The van der Waals surface area contributed by atoms with Crippen LogP contribution in [0.25, 0.3) is 10.9 Å². The molecule has 0 saturated heterocycles. The summed E-state index contributed by atoms with van der Waals surface area (Å²) in [5.74, 6) is -0.952. The third kappa shape index (κ3) is 2.08. The second-order valence-electron chi connectivity index (χ2n) is 3.21. The van der Waals surface area contributed by atoms with Crippen molar-refractivity contribution < 1.29 is 0 Å². The van der Waals surface area contributed by atoms with E-state index in [0.717, 1.165) is 4.47 Å². The molecule has 0 radical (unpaired) electrons. The zero-order valence-corrected chi connectivity index (χ0v) is 10.7. The first-order valence-corrected chi connectivity index (χ1v) is 5.75. The van der Waals surface area contributed by atoms with Gasteiger partial charge in [-0.15, -0.1) is 0 Å². The van der Waals surface area contributed by atoms with Crippen molar-refractivity contribution in [2.24, 2.45) is 0 Å². The van der Waals surface area contributed by atoms with Gasteiger partial charge in [0.2, 0.25) is 5.28 Å². The number of nitrogens with zero attached hydrogens (tertiary/aromatic N) is 4. The predicted molar refractivity (Wildman–Crippen MR) is 66.2 cm³/mol. The average molecular weight is 308 g/mol. The van der Waals surface area contributed by atoms with Crippen LogP contribution in [0.15, 0.2) is 22.7 Å². The van der Waals surface area contributed by atoms with E-state index in [1.165, 1.54) is 0 Å². The zero-order chi connectivity index (χ0) is 12.4. The van der Waals surface area contributed by atoms with E-state index in [-0.39, 0.29) is 5.28 Å². The lowest BCUT2D eigenvalue weighted by atomic mass is 10.0. The molecule has 0 aliphatic rings. The van der Waals surface area contributed by atoms with Gasteiger partial charge < -0.3 is 0 Å². The topological polar surface area (TPSA) is 73.4 Å². The van der Waals surface area contributed by atoms with Crippen LogP contribution in [0.2, 0.25) is 5.28 Å². The Balaban J connectivity index is 2.85. The summed E-state index contributed by atoms with van der Waals surface area (Å²) < 4.78 is 0.746. The Morgan fingerprint density at radius 3 is 2.59 bits per heavy atom. The molecular formula is C11H4BrClN4. The lowest BCUT2D eigenvalue weighted by molar-refractivity contribution is 1.01. The van der Waals surface area contributed by atoms with Gasteiger partial charge in [0.05, 0.1) is 23.3 Å². The molecule has 2 aromatic rings. The standard InChI is InChI=1S/C11H4BrClN4/c12-8-3-1-2-7-9(6(4-14)5-15)16-11(13)17-10(7)8/h1-3,6H. The Bertz CT molecular complexity index is 657. The van der Waals surface area contributed by atoms with Crippen molar-refractivity contribution in [1.82, 2.24) is 9.97 Å². The van der Waals surface area contributed by atoms with Gasteiger partial charge in [-0.05, 0) is 33.6 Å². The number of aromatic nitrogens is 2. The fraction of sp³-hybridized carbons (Fsp3) is 0.0909. The van der Waals surface area contributed by atoms with E-state index < -0.39 is 5.92 Å². The Kier molecular flexibility index (Phi) is 3.23. The van der Waals surface area contributed by atoms with E-state index in [1.807, 2.05) is 18.2 Å². The third-order valence-electron chi connectivity index (χ3n) is 2.21. The molecule has 6 heteroatoms. The zero-order valence-electron chi connectivity index (χ0n) is 8.35. The summed E-state index contributed by atoms with van der Waals surface area (Å²) in [6, 6.07) is 9.12. The molecule has 0 spiro atoms. The Hall–Kier alpha value is -1.69. The van der Waals surface area contributed by atoms with E-state index in [0.29, 0.717) is 16.6 Å². The van der Waals surface area contributed by atoms with Crippen LogP contribution in [0.3, 0.4) is 0 Å². The van der Waals surface area contributed by atoms with Crippen LogP contribution in [-0.2, 0) is 0 Å². The van der Waals surface area contributed by atoms with Crippen LogP contribution >= 0.6 is 27.5 Å². The molecule has 0 N–H and O–H groups in total. The van der Waals surface area contributed by atoms with Crippen LogP contribution in [-0.4, -0.2) is 9.97 Å². The number of hydrogen-bond acceptors (Lipinski definition) is 4. The number of nitriles is 2. The summed E-state index contributed by atoms with van der Waals surface area (Å²) in [7, 11) is 0. The van der Waals surface area contributed by atoms with Gasteiger partial charge in [0, 0.05) is 9.86 Å². The van der Waals surface area contributed by atoms with Crippen LogP contribution in [0, 0.1) is 22.7 Å². The van der Waals surface area contributed by atoms with Crippen molar-refractivity contribution in [2.45, 2.75) is 5.92 Å². The van der Waals surface area contributed by atoms with Crippen LogP contribution < -0.4 is 0 Å². The highest BCUT2D eigenvalue weighted by atomic mass is 79.9. The minimum absolute atomic E-state index is 0.0231. The first kappa shape index (κ1) is 11.8. The molecule has 0 saturated carbocycles. The van der Waals surface area contributed by atoms with Crippen LogP contribution in [0.1, 0.15) is 11.6 Å². The van der Waals surface area contributed by atoms with Gasteiger partial charge in [-0.25, -0.2) is 9.97 Å². The van der Waals surface area contributed by atoms with E-state index in [9.17, 15) is 0 Å². The molecule has 0 unspecified atom stereocenters. The highest BCUT2D eigenvalue weighted by Gasteiger charge is 2.17. The maximum absolute atomic E-state index is 8.91. The van der Waals surface area contributed by atoms with Gasteiger partial charge >= 0.3 is 0 Å². The maximum Gasteiger partial charge on any atom is 0.223 e. The van der Waals surface area contributed by atoms with Crippen molar-refractivity contribution >= 4 is 38.4 Å². The summed E-state index contributed by atoms with van der Waals surface area (Å²) in [5, 5.41) is 18.5. The van der Waals surface area contributed by atoms with Gasteiger partial charge in [0.1, 0.15) is 0 Å². The lowest BCUT2D eigenvalue weighted by Gasteiger charge is -2.06. The van der Waals surface area contributed by atoms with Crippen LogP contribution in [0.5, 0.6) is 0 Å². The fourth-order valence-corrected chi connectivity index (χ4v) is 2.11. The summed E-state index contributed by atoms with van der Waals surface area (Å²) in [6.45, 7) is 0. The Labute approximate surface area is 111 Å². The normalized spacial score (nSPS) is 10.2. The molecule has 0 amide bonds. The SMILES string of the molecule is N#CC(C#N)c1nc(Cl)nc2c(Br)cccc12. The molecule has 1 aromatic heterocycles. The first-order valence-electron chi connectivity index (χ1n) is 4.58. The molecule has 82 valence electrons. The first-order chi connectivity index (χ1) is 8.17. The van der Waals surface area contributed by atoms with Crippen molar-refractivity contribution in [3.05, 3.63) is 33.6 Å². The molecule has 0 fully saturated rings. The number of halogens is 2. The summed E-state index contributed by atoms with van der Waals surface area (Å²) in [6.07, 6.45) is 0. The largest absolute Gasteiger partial charge is 0.223 e. The van der Waals surface area contributed by atoms with Gasteiger partial charge in [-0.1, -0.05) is 12.1 Å². The summed E-state index contributed by atoms with van der Waals surface area (Å²) in [5.41, 5.74) is 0.935. The molecule has 1 heterocycles. The van der Waals surface area contributed by atoms with Crippen molar-refractivity contribution in [2.75, 3.05) is 0 Å². The van der Waals surface area contributed by atoms with Crippen molar-refractivity contribution in [3.8, 4) is 12.1 Å². The number of para-hydroxylation sites is 1. The van der Waals surface area contributed by atoms with Gasteiger partial charge in [0.15, 0.2) is 5.92 Å². The minimum atomic E-state index is -0.952. The van der Waals surface area contributed by atoms with Crippen LogP contribution in [0.4, 0.5) is 0 Å². The summed E-state index contributed by atoms with van der Waals surface area (Å²) >= 11 is 9.14. The smallest absolute Gasteiger partial charge is 0.220 e. The molecule has 0 aliphatic heterocycles. The van der Waals surface area contributed by atoms with Crippen molar-refractivity contribution in [1.29, 1.82) is 10.5 Å². The van der Waals surface area contributed by atoms with E-state index in [1.54, 1.807) is 12.1 Å². The number of rotatable bonds is 1. The van der Waals surface area contributed by atoms with Gasteiger partial charge in [-0.2, -0.15) is 10.5 Å². The van der Waals surface area contributed by atoms with Crippen molar-refractivity contribution in [3.63, 3.8) is 0 Å². The van der Waals surface area contributed by atoms with E-state index in [2.05, 4.69) is 25.9 Å². The molecule has 4 nitrogen and oxygen atoms in total. The summed E-state index contributed by atoms with van der Waals surface area (Å²) in [4.78, 5) is 8.05. The third-order valence-corrected chi connectivity index (χ3v) is 3.02. The Morgan fingerprint density at radius 2 is 1.94 bits per heavy atom. The molecule has 0 bridgehead atoms. The second kappa shape index (κ2) is 4.67.